The summed E-state index contributed by atoms with van der Waals surface area (Å²) in [5.74, 6) is -3.62. The highest BCUT2D eigenvalue weighted by Crippen LogP contribution is 2.47. The topological polar surface area (TPSA) is 398 Å². The lowest BCUT2D eigenvalue weighted by molar-refractivity contribution is -0.296. The van der Waals surface area contributed by atoms with E-state index in [1.54, 1.807) is 0 Å². The Balaban J connectivity index is 1.08. The monoisotopic (exact) mass is 937 g/mol. The van der Waals surface area contributed by atoms with Gasteiger partial charge in [0.15, 0.2) is 28.8 Å². The Hall–Kier alpha value is -5.55. The fraction of sp³-hybridized carbons (Fsp3) is 0.452. The maximum Gasteiger partial charge on any atom is 0.330 e. The zero-order valence-corrected chi connectivity index (χ0v) is 34.1. The first kappa shape index (κ1) is 48.4. The second-order valence-corrected chi connectivity index (χ2v) is 15.7. The number of esters is 1. The first-order valence-electron chi connectivity index (χ1n) is 20.2. The van der Waals surface area contributed by atoms with Gasteiger partial charge in [-0.2, -0.15) is 0 Å². The molecule has 0 radical (unpaired) electrons. The van der Waals surface area contributed by atoms with E-state index >= 15 is 0 Å². The van der Waals surface area contributed by atoms with Crippen LogP contribution in [-0.2, 0) is 28.5 Å². The Bertz CT molecular complexity index is 2250. The predicted octanol–water partition coefficient (Wildman–Crippen LogP) is -3.72. The molecule has 16 atom stereocenters. The molecule has 4 aliphatic heterocycles. The predicted molar refractivity (Wildman–Crippen MR) is 215 cm³/mol. The van der Waals surface area contributed by atoms with Crippen molar-refractivity contribution < 1.29 is 119 Å². The Labute approximate surface area is 372 Å². The van der Waals surface area contributed by atoms with Gasteiger partial charge in [0.25, 0.3) is 11.9 Å². The van der Waals surface area contributed by atoms with E-state index in [9.17, 15) is 81.4 Å². The lowest BCUT2D eigenvalue weighted by Gasteiger charge is -2.41. The molecule has 24 heteroatoms. The van der Waals surface area contributed by atoms with Crippen LogP contribution in [0.1, 0.15) is 22.8 Å². The van der Waals surface area contributed by atoms with Crippen LogP contribution in [0.3, 0.4) is 0 Å². The average Bonchev–Trinajstić information content (AvgIpc) is 3.29. The van der Waals surface area contributed by atoms with Crippen LogP contribution in [0.4, 0.5) is 0 Å². The zero-order chi connectivity index (χ0) is 47.7. The summed E-state index contributed by atoms with van der Waals surface area (Å²) in [7, 11) is 0. The lowest BCUT2D eigenvalue weighted by atomic mass is 9.98. The Kier molecular flexibility index (Phi) is 14.8. The maximum absolute atomic E-state index is 12.9. The van der Waals surface area contributed by atoms with E-state index in [2.05, 4.69) is 4.74 Å². The molecule has 4 aliphatic rings. The van der Waals surface area contributed by atoms with Gasteiger partial charge in [-0.25, -0.2) is 4.79 Å². The largest absolute Gasteiger partial charge is 0.571 e. The van der Waals surface area contributed by atoms with Gasteiger partial charge in [0, 0.05) is 18.2 Å². The normalized spacial score (nSPS) is 34.4. The van der Waals surface area contributed by atoms with Crippen LogP contribution in [0.2, 0.25) is 0 Å². The third-order valence-corrected chi connectivity index (χ3v) is 11.1. The number of hydrogen-bond donors (Lipinski definition) is 15. The van der Waals surface area contributed by atoms with Gasteiger partial charge in [-0.05, 0) is 42.0 Å². The number of fused-ring (bicyclic) bond motifs is 1. The van der Waals surface area contributed by atoms with Gasteiger partial charge in [0.1, 0.15) is 96.9 Å². The van der Waals surface area contributed by atoms with E-state index < -0.39 is 147 Å². The number of rotatable bonds is 13. The minimum Gasteiger partial charge on any atom is -0.571 e. The molecule has 0 saturated carbocycles. The van der Waals surface area contributed by atoms with Crippen LogP contribution in [0.5, 0.6) is 40.2 Å². The Morgan fingerprint density at radius 1 is 0.591 bits per heavy atom. The lowest BCUT2D eigenvalue weighted by Crippen LogP contribution is -2.60. The third-order valence-electron chi connectivity index (χ3n) is 11.1. The molecule has 0 spiro atoms. The molecule has 0 amide bonds. The summed E-state index contributed by atoms with van der Waals surface area (Å²) in [6, 6.07) is 9.68. The van der Waals surface area contributed by atoms with Crippen molar-refractivity contribution in [2.75, 3.05) is 19.8 Å². The van der Waals surface area contributed by atoms with Crippen molar-refractivity contribution in [1.82, 2.24) is 0 Å². The molecule has 3 aromatic rings. The number of carbonyl (C=O) groups is 1. The summed E-state index contributed by atoms with van der Waals surface area (Å²) in [5.41, 5.74) is 0.432. The van der Waals surface area contributed by atoms with Crippen LogP contribution in [0, 0.1) is 0 Å². The molecule has 0 aromatic heterocycles. The highest BCUT2D eigenvalue weighted by Gasteiger charge is 2.49. The number of carbonyl (C=O) groups excluding carboxylic acids is 1. The van der Waals surface area contributed by atoms with Gasteiger partial charge < -0.3 is 114 Å². The van der Waals surface area contributed by atoms with E-state index in [1.165, 1.54) is 42.5 Å². The first-order valence-corrected chi connectivity index (χ1v) is 20.2. The molecule has 360 valence electrons. The van der Waals surface area contributed by atoms with Crippen molar-refractivity contribution >= 4 is 18.1 Å². The maximum atomic E-state index is 12.9. The zero-order valence-electron chi connectivity index (χ0n) is 34.1. The van der Waals surface area contributed by atoms with Crippen LogP contribution in [0.25, 0.3) is 12.2 Å². The van der Waals surface area contributed by atoms with E-state index in [-0.39, 0.29) is 39.7 Å². The van der Waals surface area contributed by atoms with Crippen molar-refractivity contribution in [3.8, 4) is 40.2 Å². The summed E-state index contributed by atoms with van der Waals surface area (Å²) >= 11 is 0. The van der Waals surface area contributed by atoms with Crippen LogP contribution in [-0.4, -0.2) is 199 Å². The SMILES string of the molecule is O=C(C=Cc1ccc(O)c(OC2OC(CO)C(O)C(O)C2O)c1)OCC1OC(OC2=Cc3c(OC4OC(CO)C(O)C(O)C4O)cc(O)cc3[OH+]C2c2ccc(O)c(O)c2)C(O)C(O)C1O. The van der Waals surface area contributed by atoms with Gasteiger partial charge in [0.05, 0.1) is 24.8 Å². The molecule has 7 rings (SSSR count). The molecule has 3 fully saturated rings. The van der Waals surface area contributed by atoms with E-state index in [0.717, 1.165) is 24.3 Å². The summed E-state index contributed by atoms with van der Waals surface area (Å²) in [6.07, 6.45) is -23.6. The molecular weight excluding hydrogens is 888 g/mol. The standard InChI is InChI=1S/C42H48O24/c43-12-26-30(50)33(53)36(56)40(64-26)61-23-10-17(45)9-22-18(23)11-25(39(60-22)16-3-5-19(46)21(48)8-16)63-42-38(58)35(55)32(52)28(66-42)14-59-29(49)6-2-15-1-4-20(47)24(7-15)62-41-37(57)34(54)31(51)27(13-44)65-41/h1-11,26-28,30-48,50-58H,12-14H2/p+1. The highest BCUT2D eigenvalue weighted by atomic mass is 16.7. The molecule has 16 N–H and O–H groups in total. The number of aromatic hydroxyl groups is 5. The smallest absolute Gasteiger partial charge is 0.330 e. The molecule has 0 bridgehead atoms. The number of aliphatic hydroxyl groups is 12. The Morgan fingerprint density at radius 3 is 1.73 bits per heavy atom. The molecule has 16 unspecified atom stereocenters. The Morgan fingerprint density at radius 2 is 1.14 bits per heavy atom. The number of hydrogen-bond acceptors (Lipinski definition) is 23. The van der Waals surface area contributed by atoms with Crippen molar-refractivity contribution in [2.24, 2.45) is 0 Å². The quantitative estimate of drug-likeness (QED) is 0.0339. The number of aliphatic hydroxyl groups excluding tert-OH is 11. The summed E-state index contributed by atoms with van der Waals surface area (Å²) in [4.78, 5) is 12.9. The highest BCUT2D eigenvalue weighted by molar-refractivity contribution is 5.87. The summed E-state index contributed by atoms with van der Waals surface area (Å²) in [6.45, 7) is -2.22. The average molecular weight is 938 g/mol. The third kappa shape index (κ3) is 10.1. The van der Waals surface area contributed by atoms with Crippen LogP contribution < -0.4 is 9.47 Å². The molecule has 3 aromatic carbocycles. The van der Waals surface area contributed by atoms with Crippen molar-refractivity contribution in [3.63, 3.8) is 0 Å². The van der Waals surface area contributed by atoms with E-state index in [1.807, 2.05) is 0 Å². The fourth-order valence-corrected chi connectivity index (χ4v) is 7.39. The van der Waals surface area contributed by atoms with Gasteiger partial charge >= 0.3 is 5.97 Å². The van der Waals surface area contributed by atoms with Gasteiger partial charge in [-0.3, -0.25) is 0 Å². The molecular formula is C42H49O24+. The minimum atomic E-state index is -1.97. The number of benzene rings is 3. The van der Waals surface area contributed by atoms with E-state index in [0.29, 0.717) is 0 Å². The van der Waals surface area contributed by atoms with Gasteiger partial charge in [0.2, 0.25) is 18.9 Å². The molecule has 24 nitrogen and oxygen atoms in total. The molecule has 66 heavy (non-hydrogen) atoms. The number of ether oxygens (including phenoxy) is 8. The fourth-order valence-electron chi connectivity index (χ4n) is 7.39. The van der Waals surface area contributed by atoms with Gasteiger partial charge in [-0.1, -0.05) is 6.07 Å². The second-order valence-electron chi connectivity index (χ2n) is 15.7. The van der Waals surface area contributed by atoms with Crippen molar-refractivity contribution in [1.29, 1.82) is 0 Å². The van der Waals surface area contributed by atoms with Crippen molar-refractivity contribution in [3.05, 3.63) is 77.1 Å². The van der Waals surface area contributed by atoms with E-state index in [4.69, 9.17) is 33.2 Å². The van der Waals surface area contributed by atoms with Crippen molar-refractivity contribution in [2.45, 2.75) is 98.2 Å². The summed E-state index contributed by atoms with van der Waals surface area (Å²) in [5, 5.41) is 155. The molecule has 4 heterocycles. The second kappa shape index (κ2) is 20.1. The summed E-state index contributed by atoms with van der Waals surface area (Å²) < 4.78 is 43.9. The minimum absolute atomic E-state index is 0.0165. The molecule has 0 aliphatic carbocycles. The molecule has 3 saturated heterocycles. The van der Waals surface area contributed by atoms with Gasteiger partial charge in [-0.15, -0.1) is 0 Å². The van der Waals surface area contributed by atoms with Crippen LogP contribution >= 0.6 is 0 Å². The van der Waals surface area contributed by atoms with Crippen LogP contribution in [0.15, 0.2) is 60.4 Å². The first-order chi connectivity index (χ1) is 31.4. The number of phenols is 4. The number of phenolic OH excluding ortho intramolecular Hbond substituents is 4.